The smallest absolute Gasteiger partial charge is 0.276 e. The van der Waals surface area contributed by atoms with E-state index >= 15 is 0 Å². The van der Waals surface area contributed by atoms with E-state index in [0.29, 0.717) is 17.9 Å². The SMILES string of the molecule is CCc1ocnc1C(=O)N1CCN(Cc2ccccc2)C[C@H]1CC. The van der Waals surface area contributed by atoms with Gasteiger partial charge < -0.3 is 9.32 Å². The van der Waals surface area contributed by atoms with E-state index in [1.807, 2.05) is 17.9 Å². The third-order valence-electron chi connectivity index (χ3n) is 4.71. The summed E-state index contributed by atoms with van der Waals surface area (Å²) in [5.74, 6) is 0.688. The van der Waals surface area contributed by atoms with Crippen LogP contribution in [0.3, 0.4) is 0 Å². The Morgan fingerprint density at radius 2 is 2.04 bits per heavy atom. The van der Waals surface area contributed by atoms with Crippen molar-refractivity contribution >= 4 is 5.91 Å². The van der Waals surface area contributed by atoms with Crippen molar-refractivity contribution in [1.82, 2.24) is 14.8 Å². The van der Waals surface area contributed by atoms with E-state index < -0.39 is 0 Å². The molecule has 0 aliphatic carbocycles. The molecule has 1 atom stereocenters. The highest BCUT2D eigenvalue weighted by atomic mass is 16.3. The number of carbonyl (C=O) groups is 1. The third kappa shape index (κ3) is 3.51. The molecule has 5 heteroatoms. The Balaban J connectivity index is 1.68. The Morgan fingerprint density at radius 3 is 2.75 bits per heavy atom. The first kappa shape index (κ1) is 16.7. The number of amides is 1. The fourth-order valence-electron chi connectivity index (χ4n) is 3.35. The monoisotopic (exact) mass is 327 g/mol. The number of oxazole rings is 1. The summed E-state index contributed by atoms with van der Waals surface area (Å²) in [6.45, 7) is 7.57. The lowest BCUT2D eigenvalue weighted by Gasteiger charge is -2.41. The average molecular weight is 327 g/mol. The number of hydrogen-bond donors (Lipinski definition) is 0. The Hall–Kier alpha value is -2.14. The standard InChI is InChI=1S/C19H25N3O2/c1-3-16-13-21(12-15-8-6-5-7-9-15)10-11-22(16)19(23)18-17(4-2)24-14-20-18/h5-9,14,16H,3-4,10-13H2,1-2H3/t16-/m1/s1. The van der Waals surface area contributed by atoms with Crippen LogP contribution < -0.4 is 0 Å². The number of piperazine rings is 1. The molecule has 1 saturated heterocycles. The van der Waals surface area contributed by atoms with Crippen molar-refractivity contribution in [3.05, 3.63) is 53.7 Å². The maximum atomic E-state index is 12.9. The van der Waals surface area contributed by atoms with Crippen molar-refractivity contribution in [1.29, 1.82) is 0 Å². The molecule has 1 fully saturated rings. The lowest BCUT2D eigenvalue weighted by Crippen LogP contribution is -2.54. The maximum Gasteiger partial charge on any atom is 0.276 e. The predicted octanol–water partition coefficient (Wildman–Crippen LogP) is 2.97. The molecule has 1 amide bonds. The highest BCUT2D eigenvalue weighted by molar-refractivity contribution is 5.93. The molecule has 0 saturated carbocycles. The normalized spacial score (nSPS) is 18.8. The van der Waals surface area contributed by atoms with E-state index in [2.05, 4.69) is 41.1 Å². The Labute approximate surface area is 143 Å². The minimum absolute atomic E-state index is 0.00631. The summed E-state index contributed by atoms with van der Waals surface area (Å²) in [5.41, 5.74) is 1.80. The first-order chi connectivity index (χ1) is 11.7. The van der Waals surface area contributed by atoms with E-state index in [-0.39, 0.29) is 11.9 Å². The molecule has 2 heterocycles. The van der Waals surface area contributed by atoms with Crippen molar-refractivity contribution in [2.75, 3.05) is 19.6 Å². The van der Waals surface area contributed by atoms with E-state index in [1.165, 1.54) is 12.0 Å². The summed E-state index contributed by atoms with van der Waals surface area (Å²) in [7, 11) is 0. The highest BCUT2D eigenvalue weighted by Crippen LogP contribution is 2.19. The zero-order valence-electron chi connectivity index (χ0n) is 14.4. The summed E-state index contributed by atoms with van der Waals surface area (Å²) < 4.78 is 5.33. The minimum Gasteiger partial charge on any atom is -0.448 e. The molecule has 128 valence electrons. The lowest BCUT2D eigenvalue weighted by atomic mass is 10.1. The van der Waals surface area contributed by atoms with Crippen LogP contribution >= 0.6 is 0 Å². The van der Waals surface area contributed by atoms with E-state index in [1.54, 1.807) is 0 Å². The Kier molecular flexibility index (Phi) is 5.30. The Morgan fingerprint density at radius 1 is 1.25 bits per heavy atom. The number of aryl methyl sites for hydroxylation is 1. The quantitative estimate of drug-likeness (QED) is 0.847. The van der Waals surface area contributed by atoms with Crippen LogP contribution in [0.5, 0.6) is 0 Å². The highest BCUT2D eigenvalue weighted by Gasteiger charge is 2.32. The number of nitrogens with zero attached hydrogens (tertiary/aromatic N) is 3. The summed E-state index contributed by atoms with van der Waals surface area (Å²) in [6.07, 6.45) is 3.00. The molecule has 24 heavy (non-hydrogen) atoms. The van der Waals surface area contributed by atoms with Gasteiger partial charge >= 0.3 is 0 Å². The average Bonchev–Trinajstić information content (AvgIpc) is 3.10. The molecule has 0 N–H and O–H groups in total. The molecule has 1 aliphatic heterocycles. The van der Waals surface area contributed by atoms with E-state index in [9.17, 15) is 4.79 Å². The second-order valence-corrected chi connectivity index (χ2v) is 6.26. The van der Waals surface area contributed by atoms with Crippen molar-refractivity contribution in [2.45, 2.75) is 39.3 Å². The van der Waals surface area contributed by atoms with E-state index in [4.69, 9.17) is 4.42 Å². The summed E-state index contributed by atoms with van der Waals surface area (Å²) in [4.78, 5) is 21.4. The molecular weight excluding hydrogens is 302 g/mol. The predicted molar refractivity (Wildman–Crippen MR) is 92.7 cm³/mol. The number of carbonyl (C=O) groups excluding carboxylic acids is 1. The molecule has 3 rings (SSSR count). The van der Waals surface area contributed by atoms with Crippen molar-refractivity contribution in [3.63, 3.8) is 0 Å². The van der Waals surface area contributed by atoms with Gasteiger partial charge in [-0.05, 0) is 12.0 Å². The largest absolute Gasteiger partial charge is 0.448 e. The van der Waals surface area contributed by atoms with Crippen molar-refractivity contribution in [2.24, 2.45) is 0 Å². The van der Waals surface area contributed by atoms with Gasteiger partial charge in [0.15, 0.2) is 12.1 Å². The van der Waals surface area contributed by atoms with Crippen LogP contribution in [-0.2, 0) is 13.0 Å². The second-order valence-electron chi connectivity index (χ2n) is 6.26. The third-order valence-corrected chi connectivity index (χ3v) is 4.71. The molecule has 5 nitrogen and oxygen atoms in total. The molecule has 1 aromatic carbocycles. The van der Waals surface area contributed by atoms with Crippen LogP contribution in [0.2, 0.25) is 0 Å². The van der Waals surface area contributed by atoms with Crippen molar-refractivity contribution in [3.8, 4) is 0 Å². The zero-order valence-corrected chi connectivity index (χ0v) is 14.4. The van der Waals surface area contributed by atoms with Gasteiger partial charge in [0, 0.05) is 38.6 Å². The van der Waals surface area contributed by atoms with Gasteiger partial charge in [0.25, 0.3) is 5.91 Å². The first-order valence-electron chi connectivity index (χ1n) is 8.72. The number of rotatable bonds is 5. The number of aromatic nitrogens is 1. The molecule has 0 radical (unpaired) electrons. The van der Waals surface area contributed by atoms with Gasteiger partial charge in [-0.3, -0.25) is 9.69 Å². The molecule has 0 unspecified atom stereocenters. The van der Waals surface area contributed by atoms with Crippen LogP contribution in [-0.4, -0.2) is 46.4 Å². The molecule has 0 bridgehead atoms. The Bertz CT molecular complexity index is 668. The van der Waals surface area contributed by atoms with Gasteiger partial charge in [0.2, 0.25) is 0 Å². The van der Waals surface area contributed by atoms with Crippen LogP contribution in [0.1, 0.15) is 42.1 Å². The van der Waals surface area contributed by atoms with Crippen LogP contribution in [0, 0.1) is 0 Å². The zero-order chi connectivity index (χ0) is 16.9. The van der Waals surface area contributed by atoms with Crippen LogP contribution in [0.15, 0.2) is 41.1 Å². The summed E-state index contributed by atoms with van der Waals surface area (Å²) >= 11 is 0. The first-order valence-corrected chi connectivity index (χ1v) is 8.72. The van der Waals surface area contributed by atoms with Gasteiger partial charge in [0.05, 0.1) is 0 Å². The van der Waals surface area contributed by atoms with Gasteiger partial charge in [-0.2, -0.15) is 0 Å². The summed E-state index contributed by atoms with van der Waals surface area (Å²) in [5, 5.41) is 0. The van der Waals surface area contributed by atoms with E-state index in [0.717, 1.165) is 32.6 Å². The van der Waals surface area contributed by atoms with Gasteiger partial charge in [0.1, 0.15) is 5.76 Å². The van der Waals surface area contributed by atoms with Crippen molar-refractivity contribution < 1.29 is 9.21 Å². The van der Waals surface area contributed by atoms with Gasteiger partial charge in [-0.25, -0.2) is 4.98 Å². The maximum absolute atomic E-state index is 12.9. The van der Waals surface area contributed by atoms with Crippen LogP contribution in [0.25, 0.3) is 0 Å². The fraction of sp³-hybridized carbons (Fsp3) is 0.474. The minimum atomic E-state index is 0.00631. The van der Waals surface area contributed by atoms with Gasteiger partial charge in [-0.1, -0.05) is 44.2 Å². The molecule has 0 spiro atoms. The second kappa shape index (κ2) is 7.62. The fourth-order valence-corrected chi connectivity index (χ4v) is 3.35. The molecule has 1 aliphatic rings. The summed E-state index contributed by atoms with van der Waals surface area (Å²) in [6, 6.07) is 10.7. The molecule has 1 aromatic heterocycles. The molecule has 2 aromatic rings. The number of benzene rings is 1. The molecular formula is C19H25N3O2. The number of hydrogen-bond acceptors (Lipinski definition) is 4. The van der Waals surface area contributed by atoms with Gasteiger partial charge in [-0.15, -0.1) is 0 Å². The topological polar surface area (TPSA) is 49.6 Å². The van der Waals surface area contributed by atoms with Crippen LogP contribution in [0.4, 0.5) is 0 Å². The lowest BCUT2D eigenvalue weighted by molar-refractivity contribution is 0.0423.